The number of hydrogen-bond acceptors (Lipinski definition) is 4. The number of nitro groups is 1. The van der Waals surface area contributed by atoms with Crippen LogP contribution in [0.2, 0.25) is 0 Å². The van der Waals surface area contributed by atoms with Crippen molar-refractivity contribution >= 4 is 21.6 Å². The fourth-order valence-electron chi connectivity index (χ4n) is 1.87. The molecule has 0 aliphatic carbocycles. The summed E-state index contributed by atoms with van der Waals surface area (Å²) in [5.41, 5.74) is 1.67. The predicted octanol–water partition coefficient (Wildman–Crippen LogP) is 3.60. The lowest BCUT2D eigenvalue weighted by Crippen LogP contribution is -2.19. The average Bonchev–Trinajstić information content (AvgIpc) is 2.45. The van der Waals surface area contributed by atoms with E-state index >= 15 is 0 Å². The number of rotatable bonds is 5. The first-order chi connectivity index (χ1) is 9.58. The first kappa shape index (κ1) is 14.6. The number of halogens is 1. The lowest BCUT2D eigenvalue weighted by Gasteiger charge is -2.13. The summed E-state index contributed by atoms with van der Waals surface area (Å²) >= 11 is 3.33. The Hall–Kier alpha value is -1.79. The van der Waals surface area contributed by atoms with Gasteiger partial charge in [-0.25, -0.2) is 0 Å². The van der Waals surface area contributed by atoms with Crippen molar-refractivity contribution in [2.75, 3.05) is 0 Å². The van der Waals surface area contributed by atoms with Crippen molar-refractivity contribution in [1.29, 1.82) is 0 Å². The van der Waals surface area contributed by atoms with Crippen LogP contribution in [0.15, 0.2) is 47.1 Å². The van der Waals surface area contributed by atoms with Crippen molar-refractivity contribution in [3.63, 3.8) is 0 Å². The Morgan fingerprint density at radius 2 is 2.20 bits per heavy atom. The molecule has 6 heteroatoms. The van der Waals surface area contributed by atoms with E-state index in [1.165, 1.54) is 6.07 Å². The van der Waals surface area contributed by atoms with Crippen LogP contribution in [0.25, 0.3) is 0 Å². The van der Waals surface area contributed by atoms with Crippen molar-refractivity contribution < 1.29 is 4.92 Å². The molecule has 0 aliphatic heterocycles. The first-order valence-corrected chi connectivity index (χ1v) is 6.94. The van der Waals surface area contributed by atoms with Gasteiger partial charge in [-0.2, -0.15) is 0 Å². The molecule has 0 amide bonds. The van der Waals surface area contributed by atoms with E-state index in [4.69, 9.17) is 0 Å². The van der Waals surface area contributed by atoms with Gasteiger partial charge in [-0.3, -0.25) is 15.1 Å². The summed E-state index contributed by atoms with van der Waals surface area (Å²) in [7, 11) is 0. The molecule has 0 aliphatic rings. The molecule has 0 fully saturated rings. The van der Waals surface area contributed by atoms with Gasteiger partial charge in [-0.15, -0.1) is 0 Å². The SMILES string of the molecule is CC(NCc1cc(Br)ccc1[N+](=O)[O-])c1ccccn1. The largest absolute Gasteiger partial charge is 0.304 e. The van der Waals surface area contributed by atoms with Gasteiger partial charge in [0.05, 0.1) is 10.6 Å². The van der Waals surface area contributed by atoms with Gasteiger partial charge in [0.15, 0.2) is 0 Å². The van der Waals surface area contributed by atoms with E-state index in [1.54, 1.807) is 18.3 Å². The van der Waals surface area contributed by atoms with E-state index in [-0.39, 0.29) is 16.7 Å². The number of benzene rings is 1. The summed E-state index contributed by atoms with van der Waals surface area (Å²) in [5, 5.41) is 14.2. The predicted molar refractivity (Wildman–Crippen MR) is 80.3 cm³/mol. The zero-order chi connectivity index (χ0) is 14.5. The second kappa shape index (κ2) is 6.58. The van der Waals surface area contributed by atoms with Gasteiger partial charge in [-0.1, -0.05) is 22.0 Å². The van der Waals surface area contributed by atoms with E-state index in [1.807, 2.05) is 25.1 Å². The van der Waals surface area contributed by atoms with Gasteiger partial charge < -0.3 is 5.32 Å². The zero-order valence-electron chi connectivity index (χ0n) is 10.9. The van der Waals surface area contributed by atoms with Gasteiger partial charge >= 0.3 is 0 Å². The van der Waals surface area contributed by atoms with Crippen LogP contribution in [-0.2, 0) is 6.54 Å². The summed E-state index contributed by atoms with van der Waals surface area (Å²) in [6.45, 7) is 2.39. The fraction of sp³-hybridized carbons (Fsp3) is 0.214. The van der Waals surface area contributed by atoms with Crippen LogP contribution < -0.4 is 5.32 Å². The highest BCUT2D eigenvalue weighted by Crippen LogP contribution is 2.23. The Kier molecular flexibility index (Phi) is 4.81. The van der Waals surface area contributed by atoms with E-state index in [0.717, 1.165) is 10.2 Å². The Labute approximate surface area is 125 Å². The minimum absolute atomic E-state index is 0.0229. The third-order valence-corrected chi connectivity index (χ3v) is 3.46. The van der Waals surface area contributed by atoms with E-state index in [0.29, 0.717) is 12.1 Å². The molecular weight excluding hydrogens is 322 g/mol. The van der Waals surface area contributed by atoms with E-state index in [9.17, 15) is 10.1 Å². The molecule has 2 aromatic rings. The van der Waals surface area contributed by atoms with Gasteiger partial charge in [0.1, 0.15) is 0 Å². The van der Waals surface area contributed by atoms with Crippen molar-refractivity contribution in [3.05, 3.63) is 68.4 Å². The maximum absolute atomic E-state index is 11.0. The van der Waals surface area contributed by atoms with Crippen molar-refractivity contribution in [2.45, 2.75) is 19.5 Å². The quantitative estimate of drug-likeness (QED) is 0.669. The van der Waals surface area contributed by atoms with Crippen molar-refractivity contribution in [1.82, 2.24) is 10.3 Å². The summed E-state index contributed by atoms with van der Waals surface area (Å²) in [4.78, 5) is 14.9. The van der Waals surface area contributed by atoms with Crippen molar-refractivity contribution in [3.8, 4) is 0 Å². The highest BCUT2D eigenvalue weighted by atomic mass is 79.9. The van der Waals surface area contributed by atoms with Crippen LogP contribution in [0.1, 0.15) is 24.2 Å². The molecule has 104 valence electrons. The maximum Gasteiger partial charge on any atom is 0.273 e. The molecule has 1 aromatic carbocycles. The third kappa shape index (κ3) is 3.61. The summed E-state index contributed by atoms with van der Waals surface area (Å²) < 4.78 is 0.824. The molecular formula is C14H14BrN3O2. The fourth-order valence-corrected chi connectivity index (χ4v) is 2.28. The lowest BCUT2D eigenvalue weighted by molar-refractivity contribution is -0.385. The molecule has 0 saturated heterocycles. The van der Waals surface area contributed by atoms with Crippen LogP contribution in [0.3, 0.4) is 0 Å². The molecule has 0 saturated carbocycles. The normalized spacial score (nSPS) is 12.1. The summed E-state index contributed by atoms with van der Waals surface area (Å²) in [5.74, 6) is 0. The Balaban J connectivity index is 2.11. The van der Waals surface area contributed by atoms with Gasteiger partial charge in [0, 0.05) is 34.9 Å². The molecule has 1 unspecified atom stereocenters. The Morgan fingerprint density at radius 3 is 2.85 bits per heavy atom. The number of aromatic nitrogens is 1. The molecule has 0 spiro atoms. The van der Waals surface area contributed by atoms with Crippen LogP contribution in [0.4, 0.5) is 5.69 Å². The average molecular weight is 336 g/mol. The molecule has 5 nitrogen and oxygen atoms in total. The zero-order valence-corrected chi connectivity index (χ0v) is 12.5. The Morgan fingerprint density at radius 1 is 1.40 bits per heavy atom. The lowest BCUT2D eigenvalue weighted by atomic mass is 10.1. The molecule has 1 aromatic heterocycles. The number of hydrogen-bond donors (Lipinski definition) is 1. The molecule has 1 heterocycles. The monoisotopic (exact) mass is 335 g/mol. The van der Waals surface area contributed by atoms with Crippen LogP contribution in [0.5, 0.6) is 0 Å². The second-order valence-corrected chi connectivity index (χ2v) is 5.30. The Bertz CT molecular complexity index is 605. The number of pyridine rings is 1. The minimum Gasteiger partial charge on any atom is -0.304 e. The van der Waals surface area contributed by atoms with Crippen LogP contribution in [-0.4, -0.2) is 9.91 Å². The van der Waals surface area contributed by atoms with E-state index in [2.05, 4.69) is 26.2 Å². The number of nitrogens with zero attached hydrogens (tertiary/aromatic N) is 2. The third-order valence-electron chi connectivity index (χ3n) is 2.97. The first-order valence-electron chi connectivity index (χ1n) is 6.15. The topological polar surface area (TPSA) is 68.1 Å². The van der Waals surface area contributed by atoms with Crippen molar-refractivity contribution in [2.24, 2.45) is 0 Å². The van der Waals surface area contributed by atoms with Crippen LogP contribution in [0, 0.1) is 10.1 Å². The smallest absolute Gasteiger partial charge is 0.273 e. The molecule has 20 heavy (non-hydrogen) atoms. The molecule has 2 rings (SSSR count). The van der Waals surface area contributed by atoms with Gasteiger partial charge in [-0.05, 0) is 31.2 Å². The van der Waals surface area contributed by atoms with Gasteiger partial charge in [0.2, 0.25) is 0 Å². The standard InChI is InChI=1S/C14H14BrN3O2/c1-10(13-4-2-3-7-16-13)17-9-11-8-12(15)5-6-14(11)18(19)20/h2-8,10,17H,9H2,1H3. The van der Waals surface area contributed by atoms with Gasteiger partial charge in [0.25, 0.3) is 5.69 Å². The number of nitrogens with one attached hydrogen (secondary N) is 1. The summed E-state index contributed by atoms with van der Waals surface area (Å²) in [6, 6.07) is 10.7. The van der Waals surface area contributed by atoms with Crippen LogP contribution >= 0.6 is 15.9 Å². The van der Waals surface area contributed by atoms with E-state index < -0.39 is 0 Å². The minimum atomic E-state index is -0.366. The maximum atomic E-state index is 11.0. The highest BCUT2D eigenvalue weighted by Gasteiger charge is 2.15. The molecule has 0 radical (unpaired) electrons. The molecule has 1 N–H and O–H groups in total. The molecule has 1 atom stereocenters. The number of nitro benzene ring substituents is 1. The summed E-state index contributed by atoms with van der Waals surface area (Å²) in [6.07, 6.45) is 1.73. The molecule has 0 bridgehead atoms. The highest BCUT2D eigenvalue weighted by molar-refractivity contribution is 9.10. The second-order valence-electron chi connectivity index (χ2n) is 4.39.